The molecule has 166 valence electrons. The highest BCUT2D eigenvalue weighted by Gasteiger charge is 2.15. The number of nitrogens with zero attached hydrogens (tertiary/aromatic N) is 4. The molecule has 6 nitrogen and oxygen atoms in total. The fraction of sp³-hybridized carbons (Fsp3) is 0.0741. The Bertz CT molecular complexity index is 1660. The quantitative estimate of drug-likeness (QED) is 0.345. The lowest BCUT2D eigenvalue weighted by Gasteiger charge is -2.13. The van der Waals surface area contributed by atoms with Crippen molar-refractivity contribution < 1.29 is 4.39 Å². The topological polar surface area (TPSA) is 73.5 Å². The van der Waals surface area contributed by atoms with Crippen LogP contribution in [-0.2, 0) is 0 Å². The highest BCUT2D eigenvalue weighted by Crippen LogP contribution is 2.34. The molecule has 4 aromatic heterocycles. The van der Waals surface area contributed by atoms with E-state index in [0.717, 1.165) is 61.3 Å². The van der Waals surface area contributed by atoms with Gasteiger partial charge < -0.3 is 9.88 Å². The number of fused-ring (bicyclic) bond motifs is 2. The minimum Gasteiger partial charge on any atom is -0.376 e. The Morgan fingerprint density at radius 1 is 0.794 bits per heavy atom. The van der Waals surface area contributed by atoms with E-state index in [4.69, 9.17) is 0 Å². The molecule has 0 saturated heterocycles. The van der Waals surface area contributed by atoms with Crippen molar-refractivity contribution in [2.75, 3.05) is 19.0 Å². The lowest BCUT2D eigenvalue weighted by Crippen LogP contribution is -2.08. The average molecular weight is 449 g/mol. The van der Waals surface area contributed by atoms with E-state index in [1.807, 2.05) is 55.7 Å². The highest BCUT2D eigenvalue weighted by atomic mass is 19.1. The molecule has 2 N–H and O–H groups in total. The minimum absolute atomic E-state index is 0.286. The third-order valence-corrected chi connectivity index (χ3v) is 6.04. The maximum atomic E-state index is 13.8. The number of halogens is 1. The number of pyridine rings is 2. The van der Waals surface area contributed by atoms with Gasteiger partial charge in [0.2, 0.25) is 0 Å². The van der Waals surface area contributed by atoms with Crippen molar-refractivity contribution in [1.29, 1.82) is 0 Å². The molecule has 0 bridgehead atoms. The average Bonchev–Trinajstić information content (AvgIpc) is 3.47. The molecule has 0 amide bonds. The second kappa shape index (κ2) is 7.81. The normalized spacial score (nSPS) is 11.4. The first-order valence-electron chi connectivity index (χ1n) is 10.9. The number of hydrogen-bond acceptors (Lipinski definition) is 4. The fourth-order valence-electron chi connectivity index (χ4n) is 4.28. The lowest BCUT2D eigenvalue weighted by atomic mass is 10.0. The van der Waals surface area contributed by atoms with Crippen molar-refractivity contribution >= 4 is 27.5 Å². The molecule has 0 unspecified atom stereocenters. The number of H-pyrrole nitrogens is 2. The Balaban J connectivity index is 1.48. The van der Waals surface area contributed by atoms with Crippen LogP contribution in [0.15, 0.2) is 79.3 Å². The molecule has 0 radical (unpaired) electrons. The summed E-state index contributed by atoms with van der Waals surface area (Å²) in [5.41, 5.74) is 8.14. The monoisotopic (exact) mass is 448 g/mol. The summed E-state index contributed by atoms with van der Waals surface area (Å²) in [5.74, 6) is -0.286. The van der Waals surface area contributed by atoms with E-state index in [1.165, 1.54) is 12.1 Å². The predicted octanol–water partition coefficient (Wildman–Crippen LogP) is 6.04. The second-order valence-corrected chi connectivity index (χ2v) is 8.47. The van der Waals surface area contributed by atoms with Crippen molar-refractivity contribution in [1.82, 2.24) is 25.1 Å². The van der Waals surface area contributed by atoms with E-state index in [1.54, 1.807) is 12.3 Å². The van der Waals surface area contributed by atoms with Crippen molar-refractivity contribution in [3.8, 4) is 33.8 Å². The molecule has 0 aliphatic heterocycles. The lowest BCUT2D eigenvalue weighted by molar-refractivity contribution is 0.628. The van der Waals surface area contributed by atoms with Gasteiger partial charge in [-0.25, -0.2) is 4.39 Å². The molecular weight excluding hydrogens is 427 g/mol. The summed E-state index contributed by atoms with van der Waals surface area (Å²) >= 11 is 0. The molecule has 0 aliphatic rings. The Labute approximate surface area is 195 Å². The molecule has 0 aliphatic carbocycles. The maximum Gasteiger partial charge on any atom is 0.123 e. The summed E-state index contributed by atoms with van der Waals surface area (Å²) < 4.78 is 13.8. The zero-order valence-electron chi connectivity index (χ0n) is 18.7. The van der Waals surface area contributed by atoms with Gasteiger partial charge in [0, 0.05) is 53.9 Å². The fourth-order valence-corrected chi connectivity index (χ4v) is 4.28. The van der Waals surface area contributed by atoms with Crippen LogP contribution in [0.25, 0.3) is 55.6 Å². The number of aromatic amines is 2. The van der Waals surface area contributed by atoms with Gasteiger partial charge in [0.1, 0.15) is 11.5 Å². The van der Waals surface area contributed by atoms with E-state index in [9.17, 15) is 4.39 Å². The number of nitrogens with one attached hydrogen (secondary N) is 2. The Hall–Kier alpha value is -4.52. The maximum absolute atomic E-state index is 13.8. The van der Waals surface area contributed by atoms with Crippen molar-refractivity contribution in [3.63, 3.8) is 0 Å². The summed E-state index contributed by atoms with van der Waals surface area (Å²) in [6.45, 7) is 0. The summed E-state index contributed by atoms with van der Waals surface area (Å²) in [6, 6.07) is 18.8. The van der Waals surface area contributed by atoms with Crippen molar-refractivity contribution in [2.24, 2.45) is 0 Å². The number of rotatable bonds is 4. The standard InChI is InChI=1S/C27H21FN6/c1-34(2)20-11-18(14-29-15-20)16-6-7-24-21(12-16)27(33-32-24)25-13-22-23(31-25)8-9-30-26(22)17-4-3-5-19(28)10-17/h3-15,31H,1-2H3,(H,32,33). The van der Waals surface area contributed by atoms with Crippen molar-refractivity contribution in [2.45, 2.75) is 0 Å². The van der Waals surface area contributed by atoms with E-state index in [-0.39, 0.29) is 5.82 Å². The number of anilines is 1. The summed E-state index contributed by atoms with van der Waals surface area (Å²) in [5, 5.41) is 9.65. The first-order chi connectivity index (χ1) is 16.6. The number of aromatic nitrogens is 5. The Morgan fingerprint density at radius 3 is 2.53 bits per heavy atom. The van der Waals surface area contributed by atoms with Gasteiger partial charge in [-0.1, -0.05) is 18.2 Å². The summed E-state index contributed by atoms with van der Waals surface area (Å²) in [4.78, 5) is 14.4. The molecule has 2 aromatic carbocycles. The molecule has 0 fully saturated rings. The first-order valence-corrected chi connectivity index (χ1v) is 10.9. The van der Waals surface area contributed by atoms with Crippen molar-refractivity contribution in [3.05, 3.63) is 85.1 Å². The van der Waals surface area contributed by atoms with Crippen LogP contribution in [-0.4, -0.2) is 39.2 Å². The van der Waals surface area contributed by atoms with Crippen LogP contribution in [0.1, 0.15) is 0 Å². The van der Waals surface area contributed by atoms with Gasteiger partial charge in [0.05, 0.1) is 28.8 Å². The van der Waals surface area contributed by atoms with Crippen LogP contribution in [0.2, 0.25) is 0 Å². The minimum atomic E-state index is -0.286. The molecule has 0 spiro atoms. The van der Waals surface area contributed by atoms with Gasteiger partial charge in [-0.05, 0) is 48.0 Å². The smallest absolute Gasteiger partial charge is 0.123 e. The first kappa shape index (κ1) is 20.1. The Morgan fingerprint density at radius 2 is 1.68 bits per heavy atom. The van der Waals surface area contributed by atoms with Crippen LogP contribution in [0.5, 0.6) is 0 Å². The number of hydrogen-bond donors (Lipinski definition) is 2. The van der Waals surface area contributed by atoms with Gasteiger partial charge in [0.25, 0.3) is 0 Å². The SMILES string of the molecule is CN(C)c1cncc(-c2ccc3[nH]nc(-c4cc5c(-c6cccc(F)c6)nccc5[nH]4)c3c2)c1. The van der Waals surface area contributed by atoms with Gasteiger partial charge in [-0.3, -0.25) is 15.1 Å². The molecule has 4 heterocycles. The largest absolute Gasteiger partial charge is 0.376 e. The van der Waals surface area contributed by atoms with Gasteiger partial charge in [-0.15, -0.1) is 0 Å². The van der Waals surface area contributed by atoms with Crippen LogP contribution in [0.3, 0.4) is 0 Å². The van der Waals surface area contributed by atoms with E-state index in [2.05, 4.69) is 43.3 Å². The van der Waals surface area contributed by atoms with E-state index >= 15 is 0 Å². The molecule has 7 heteroatoms. The third-order valence-electron chi connectivity index (χ3n) is 6.04. The predicted molar refractivity (Wildman–Crippen MR) is 134 cm³/mol. The summed E-state index contributed by atoms with van der Waals surface area (Å²) in [7, 11) is 4.00. The zero-order chi connectivity index (χ0) is 23.2. The molecule has 0 saturated carbocycles. The van der Waals surface area contributed by atoms with Gasteiger partial charge in [-0.2, -0.15) is 5.10 Å². The highest BCUT2D eigenvalue weighted by molar-refractivity contribution is 6.00. The van der Waals surface area contributed by atoms with E-state index in [0.29, 0.717) is 0 Å². The van der Waals surface area contributed by atoms with Crippen LogP contribution >= 0.6 is 0 Å². The summed E-state index contributed by atoms with van der Waals surface area (Å²) in [6.07, 6.45) is 5.45. The van der Waals surface area contributed by atoms with Crippen LogP contribution in [0.4, 0.5) is 10.1 Å². The zero-order valence-corrected chi connectivity index (χ0v) is 18.7. The van der Waals surface area contributed by atoms with E-state index < -0.39 is 0 Å². The second-order valence-electron chi connectivity index (χ2n) is 8.47. The molecule has 6 rings (SSSR count). The third kappa shape index (κ3) is 3.38. The molecule has 6 aromatic rings. The number of benzene rings is 2. The molecule has 34 heavy (non-hydrogen) atoms. The van der Waals surface area contributed by atoms with Crippen LogP contribution < -0.4 is 4.90 Å². The van der Waals surface area contributed by atoms with Gasteiger partial charge in [0.15, 0.2) is 0 Å². The van der Waals surface area contributed by atoms with Crippen LogP contribution in [0, 0.1) is 5.82 Å². The van der Waals surface area contributed by atoms with Gasteiger partial charge >= 0.3 is 0 Å². The Kier molecular flexibility index (Phi) is 4.62. The molecule has 0 atom stereocenters. The molecular formula is C27H21FN6.